The van der Waals surface area contributed by atoms with Gasteiger partial charge in [-0.2, -0.15) is 0 Å². The summed E-state index contributed by atoms with van der Waals surface area (Å²) in [5.74, 6) is 0. The zero-order chi connectivity index (χ0) is 9.73. The first kappa shape index (κ1) is 11.0. The summed E-state index contributed by atoms with van der Waals surface area (Å²) in [6, 6.07) is 0. The monoisotopic (exact) mass is 186 g/mol. The minimum atomic E-state index is -0.0283. The Morgan fingerprint density at radius 2 is 2.15 bits per heavy atom. The van der Waals surface area contributed by atoms with Crippen molar-refractivity contribution in [2.75, 3.05) is 33.3 Å². The van der Waals surface area contributed by atoms with Crippen molar-refractivity contribution in [3.63, 3.8) is 0 Å². The van der Waals surface area contributed by atoms with Crippen LogP contribution in [0.1, 0.15) is 26.2 Å². The highest BCUT2D eigenvalue weighted by Crippen LogP contribution is 2.24. The highest BCUT2D eigenvalue weighted by Gasteiger charge is 2.30. The van der Waals surface area contributed by atoms with Gasteiger partial charge in [-0.05, 0) is 39.8 Å². The normalized spacial score (nSPS) is 31.6. The van der Waals surface area contributed by atoms with E-state index in [2.05, 4.69) is 11.9 Å². The van der Waals surface area contributed by atoms with Gasteiger partial charge < -0.3 is 15.4 Å². The molecule has 13 heavy (non-hydrogen) atoms. The molecule has 1 rings (SSSR count). The minimum absolute atomic E-state index is 0.0283. The maximum Gasteiger partial charge on any atom is 0.0816 e. The van der Waals surface area contributed by atoms with Crippen molar-refractivity contribution < 1.29 is 4.74 Å². The van der Waals surface area contributed by atoms with Crippen LogP contribution in [-0.4, -0.2) is 43.8 Å². The van der Waals surface area contributed by atoms with Gasteiger partial charge in [0.05, 0.1) is 5.60 Å². The highest BCUT2D eigenvalue weighted by molar-refractivity contribution is 4.85. The molecule has 0 aromatic carbocycles. The average molecular weight is 186 g/mol. The van der Waals surface area contributed by atoms with Gasteiger partial charge in [0, 0.05) is 19.7 Å². The number of hydrogen-bond donors (Lipinski definition) is 1. The van der Waals surface area contributed by atoms with Crippen molar-refractivity contribution in [2.24, 2.45) is 5.73 Å². The number of hydrogen-bond acceptors (Lipinski definition) is 3. The predicted octanol–water partition coefficient (Wildman–Crippen LogP) is 0.836. The molecule has 1 aliphatic rings. The number of nitrogens with zero attached hydrogens (tertiary/aromatic N) is 1. The van der Waals surface area contributed by atoms with E-state index in [0.29, 0.717) is 6.54 Å². The largest absolute Gasteiger partial charge is 0.374 e. The molecule has 0 saturated carbocycles. The van der Waals surface area contributed by atoms with Crippen LogP contribution in [0.2, 0.25) is 0 Å². The molecule has 78 valence electrons. The molecule has 0 aromatic heterocycles. The summed E-state index contributed by atoms with van der Waals surface area (Å²) in [6.07, 6.45) is 3.39. The van der Waals surface area contributed by atoms with Gasteiger partial charge in [0.1, 0.15) is 0 Å². The zero-order valence-corrected chi connectivity index (χ0v) is 8.88. The van der Waals surface area contributed by atoms with E-state index in [-0.39, 0.29) is 5.60 Å². The summed E-state index contributed by atoms with van der Waals surface area (Å²) >= 11 is 0. The molecule has 3 heteroatoms. The smallest absolute Gasteiger partial charge is 0.0816 e. The van der Waals surface area contributed by atoms with E-state index in [1.807, 2.05) is 6.92 Å². The second-order valence-electron chi connectivity index (χ2n) is 3.98. The maximum atomic E-state index is 5.80. The van der Waals surface area contributed by atoms with E-state index in [1.54, 1.807) is 0 Å². The molecule has 0 amide bonds. The third kappa shape index (κ3) is 2.93. The quantitative estimate of drug-likeness (QED) is 0.709. The van der Waals surface area contributed by atoms with Crippen molar-refractivity contribution in [1.29, 1.82) is 0 Å². The Morgan fingerprint density at radius 3 is 2.77 bits per heavy atom. The Bertz CT molecular complexity index is 152. The Kier molecular flexibility index (Phi) is 4.16. The van der Waals surface area contributed by atoms with Gasteiger partial charge >= 0.3 is 0 Å². The molecule has 1 fully saturated rings. The molecule has 1 heterocycles. The van der Waals surface area contributed by atoms with Crippen LogP contribution in [-0.2, 0) is 4.74 Å². The summed E-state index contributed by atoms with van der Waals surface area (Å²) in [5, 5.41) is 0. The van der Waals surface area contributed by atoms with Gasteiger partial charge in [-0.1, -0.05) is 0 Å². The van der Waals surface area contributed by atoms with Crippen LogP contribution >= 0.6 is 0 Å². The van der Waals surface area contributed by atoms with Crippen molar-refractivity contribution >= 4 is 0 Å². The van der Waals surface area contributed by atoms with Crippen molar-refractivity contribution in [2.45, 2.75) is 31.8 Å². The Balaban J connectivity index is 2.53. The molecule has 0 spiro atoms. The fourth-order valence-corrected chi connectivity index (χ4v) is 2.02. The molecule has 0 bridgehead atoms. The number of ether oxygens (including phenoxy) is 1. The van der Waals surface area contributed by atoms with Crippen LogP contribution < -0.4 is 5.73 Å². The van der Waals surface area contributed by atoms with E-state index in [1.165, 1.54) is 13.0 Å². The lowest BCUT2D eigenvalue weighted by atomic mass is 9.95. The van der Waals surface area contributed by atoms with Crippen LogP contribution in [0.3, 0.4) is 0 Å². The second-order valence-corrected chi connectivity index (χ2v) is 3.98. The fraction of sp³-hybridized carbons (Fsp3) is 1.00. The molecular weight excluding hydrogens is 164 g/mol. The number of rotatable bonds is 3. The Hall–Kier alpha value is -0.120. The summed E-state index contributed by atoms with van der Waals surface area (Å²) in [5.41, 5.74) is 5.77. The topological polar surface area (TPSA) is 38.5 Å². The van der Waals surface area contributed by atoms with Crippen LogP contribution in [0.4, 0.5) is 0 Å². The fourth-order valence-electron chi connectivity index (χ4n) is 2.02. The lowest BCUT2D eigenvalue weighted by Crippen LogP contribution is -2.41. The molecule has 0 aromatic rings. The van der Waals surface area contributed by atoms with E-state index in [4.69, 9.17) is 10.5 Å². The predicted molar refractivity (Wildman–Crippen MR) is 54.8 cm³/mol. The SMILES string of the molecule is CCOC1(CN)CCCN(C)CC1. The standard InChI is InChI=1S/C10H22N2O/c1-3-13-10(9-11)5-4-7-12(2)8-6-10/h3-9,11H2,1-2H3. The summed E-state index contributed by atoms with van der Waals surface area (Å²) < 4.78 is 5.80. The Labute approximate surface area is 81.2 Å². The van der Waals surface area contributed by atoms with E-state index in [0.717, 1.165) is 26.0 Å². The first-order valence-electron chi connectivity index (χ1n) is 5.25. The van der Waals surface area contributed by atoms with Gasteiger partial charge in [0.25, 0.3) is 0 Å². The molecule has 2 N–H and O–H groups in total. The zero-order valence-electron chi connectivity index (χ0n) is 8.88. The summed E-state index contributed by atoms with van der Waals surface area (Å²) in [4.78, 5) is 2.36. The molecule has 1 atom stereocenters. The molecule has 1 saturated heterocycles. The number of nitrogens with two attached hydrogens (primary N) is 1. The second kappa shape index (κ2) is 4.94. The van der Waals surface area contributed by atoms with Crippen molar-refractivity contribution in [3.8, 4) is 0 Å². The van der Waals surface area contributed by atoms with Crippen LogP contribution in [0.25, 0.3) is 0 Å². The average Bonchev–Trinajstić information content (AvgIpc) is 2.30. The van der Waals surface area contributed by atoms with Crippen LogP contribution in [0.5, 0.6) is 0 Å². The molecular formula is C10H22N2O. The van der Waals surface area contributed by atoms with E-state index < -0.39 is 0 Å². The van der Waals surface area contributed by atoms with E-state index >= 15 is 0 Å². The first-order chi connectivity index (χ1) is 6.22. The van der Waals surface area contributed by atoms with Gasteiger partial charge in [-0.3, -0.25) is 0 Å². The third-order valence-electron chi connectivity index (χ3n) is 2.94. The first-order valence-corrected chi connectivity index (χ1v) is 5.25. The van der Waals surface area contributed by atoms with E-state index in [9.17, 15) is 0 Å². The maximum absolute atomic E-state index is 5.80. The molecule has 3 nitrogen and oxygen atoms in total. The van der Waals surface area contributed by atoms with Gasteiger partial charge in [0.15, 0.2) is 0 Å². The van der Waals surface area contributed by atoms with Crippen LogP contribution in [0, 0.1) is 0 Å². The van der Waals surface area contributed by atoms with Gasteiger partial charge in [-0.15, -0.1) is 0 Å². The molecule has 1 unspecified atom stereocenters. The van der Waals surface area contributed by atoms with Crippen molar-refractivity contribution in [1.82, 2.24) is 4.90 Å². The third-order valence-corrected chi connectivity index (χ3v) is 2.94. The van der Waals surface area contributed by atoms with Crippen molar-refractivity contribution in [3.05, 3.63) is 0 Å². The lowest BCUT2D eigenvalue weighted by molar-refractivity contribution is -0.0419. The molecule has 0 radical (unpaired) electrons. The van der Waals surface area contributed by atoms with Gasteiger partial charge in [-0.25, -0.2) is 0 Å². The van der Waals surface area contributed by atoms with Gasteiger partial charge in [0.2, 0.25) is 0 Å². The summed E-state index contributed by atoms with van der Waals surface area (Å²) in [6.45, 7) is 5.77. The molecule has 0 aliphatic carbocycles. The number of likely N-dealkylation sites (tertiary alicyclic amines) is 1. The minimum Gasteiger partial charge on any atom is -0.374 e. The summed E-state index contributed by atoms with van der Waals surface area (Å²) in [7, 11) is 2.17. The Morgan fingerprint density at radius 1 is 1.38 bits per heavy atom. The lowest BCUT2D eigenvalue weighted by Gasteiger charge is -2.31. The van der Waals surface area contributed by atoms with Crippen LogP contribution in [0.15, 0.2) is 0 Å². The highest BCUT2D eigenvalue weighted by atomic mass is 16.5. The molecule has 1 aliphatic heterocycles.